The molecule has 1 saturated heterocycles. The molecule has 4 rings (SSSR count). The van der Waals surface area contributed by atoms with E-state index in [-0.39, 0.29) is 11.9 Å². The van der Waals surface area contributed by atoms with Crippen LogP contribution < -0.4 is 4.90 Å². The van der Waals surface area contributed by atoms with Crippen LogP contribution in [0.1, 0.15) is 28.8 Å². The second-order valence-electron chi connectivity index (χ2n) is 7.18. The Bertz CT molecular complexity index is 859. The number of hydrogen-bond donors (Lipinski definition) is 0. The lowest BCUT2D eigenvalue weighted by Gasteiger charge is -2.38. The molecule has 0 unspecified atom stereocenters. The van der Waals surface area contributed by atoms with Crippen molar-refractivity contribution in [2.75, 3.05) is 24.5 Å². The SMILES string of the molecule is O=C(c1ccsc1)N(c1ccccn1)C1CCN(CCc2ccccc2)CC1. The van der Waals surface area contributed by atoms with Gasteiger partial charge in [0.05, 0.1) is 5.56 Å². The van der Waals surface area contributed by atoms with Gasteiger partial charge in [-0.1, -0.05) is 36.4 Å². The molecule has 3 heterocycles. The number of anilines is 1. The summed E-state index contributed by atoms with van der Waals surface area (Å²) in [7, 11) is 0. The Morgan fingerprint density at radius 1 is 1.07 bits per heavy atom. The molecule has 0 atom stereocenters. The number of carbonyl (C=O) groups is 1. The summed E-state index contributed by atoms with van der Waals surface area (Å²) in [5.74, 6) is 0.809. The summed E-state index contributed by atoms with van der Waals surface area (Å²) in [4.78, 5) is 22.1. The summed E-state index contributed by atoms with van der Waals surface area (Å²) < 4.78 is 0. The topological polar surface area (TPSA) is 36.4 Å². The second kappa shape index (κ2) is 9.13. The van der Waals surface area contributed by atoms with Gasteiger partial charge in [-0.05, 0) is 48.4 Å². The lowest BCUT2D eigenvalue weighted by Crippen LogP contribution is -2.48. The summed E-state index contributed by atoms with van der Waals surface area (Å²) in [6.45, 7) is 3.09. The van der Waals surface area contributed by atoms with Gasteiger partial charge < -0.3 is 4.90 Å². The van der Waals surface area contributed by atoms with E-state index < -0.39 is 0 Å². The van der Waals surface area contributed by atoms with Gasteiger partial charge in [0.15, 0.2) is 0 Å². The van der Waals surface area contributed by atoms with Crippen LogP contribution in [0.3, 0.4) is 0 Å². The van der Waals surface area contributed by atoms with Gasteiger partial charge in [0.25, 0.3) is 5.91 Å². The maximum atomic E-state index is 13.2. The van der Waals surface area contributed by atoms with Crippen molar-refractivity contribution in [1.82, 2.24) is 9.88 Å². The third-order valence-electron chi connectivity index (χ3n) is 5.36. The summed E-state index contributed by atoms with van der Waals surface area (Å²) >= 11 is 1.56. The van der Waals surface area contributed by atoms with Crippen molar-refractivity contribution in [1.29, 1.82) is 0 Å². The van der Waals surface area contributed by atoms with Crippen molar-refractivity contribution in [2.24, 2.45) is 0 Å². The van der Waals surface area contributed by atoms with E-state index in [1.54, 1.807) is 17.5 Å². The first-order valence-electron chi connectivity index (χ1n) is 9.84. The number of amides is 1. The number of carbonyl (C=O) groups excluding carboxylic acids is 1. The van der Waals surface area contributed by atoms with E-state index >= 15 is 0 Å². The Kier molecular flexibility index (Phi) is 6.14. The Morgan fingerprint density at radius 3 is 2.54 bits per heavy atom. The predicted octanol–water partition coefficient (Wildman–Crippen LogP) is 4.50. The first kappa shape index (κ1) is 18.8. The van der Waals surface area contributed by atoms with E-state index in [9.17, 15) is 4.79 Å². The van der Waals surface area contributed by atoms with Gasteiger partial charge in [0.1, 0.15) is 5.82 Å². The molecule has 0 spiro atoms. The fraction of sp³-hybridized carbons (Fsp3) is 0.304. The standard InChI is InChI=1S/C23H25N3OS/c27-23(20-12-17-28-18-20)26(22-8-4-5-13-24-22)21-10-15-25(16-11-21)14-9-19-6-2-1-3-7-19/h1-8,12-13,17-18,21H,9-11,14-16H2. The largest absolute Gasteiger partial charge is 0.303 e. The smallest absolute Gasteiger partial charge is 0.260 e. The fourth-order valence-corrected chi connectivity index (χ4v) is 4.44. The van der Waals surface area contributed by atoms with Crippen molar-refractivity contribution in [3.63, 3.8) is 0 Å². The van der Waals surface area contributed by atoms with E-state index in [0.717, 1.165) is 50.3 Å². The van der Waals surface area contributed by atoms with E-state index in [0.29, 0.717) is 0 Å². The minimum Gasteiger partial charge on any atom is -0.303 e. The Balaban J connectivity index is 1.42. The summed E-state index contributed by atoms with van der Waals surface area (Å²) in [6, 6.07) is 18.5. The Labute approximate surface area is 170 Å². The first-order valence-corrected chi connectivity index (χ1v) is 10.8. The van der Waals surface area contributed by atoms with Crippen LogP contribution in [0.5, 0.6) is 0 Å². The predicted molar refractivity (Wildman–Crippen MR) is 115 cm³/mol. The molecule has 1 aliphatic heterocycles. The highest BCUT2D eigenvalue weighted by Crippen LogP contribution is 2.25. The molecule has 28 heavy (non-hydrogen) atoms. The van der Waals surface area contributed by atoms with Gasteiger partial charge in [-0.2, -0.15) is 11.3 Å². The summed E-state index contributed by atoms with van der Waals surface area (Å²) in [5, 5.41) is 3.88. The lowest BCUT2D eigenvalue weighted by molar-refractivity contribution is 0.0959. The normalized spacial score (nSPS) is 15.4. The molecule has 1 amide bonds. The minimum absolute atomic E-state index is 0.0580. The first-order chi connectivity index (χ1) is 13.8. The van der Waals surface area contributed by atoms with Crippen molar-refractivity contribution >= 4 is 23.1 Å². The Hall–Kier alpha value is -2.50. The molecule has 0 aliphatic carbocycles. The highest BCUT2D eigenvalue weighted by atomic mass is 32.1. The molecule has 4 nitrogen and oxygen atoms in total. The van der Waals surface area contributed by atoms with Gasteiger partial charge in [-0.25, -0.2) is 4.98 Å². The second-order valence-corrected chi connectivity index (χ2v) is 7.96. The zero-order valence-corrected chi connectivity index (χ0v) is 16.7. The highest BCUT2D eigenvalue weighted by Gasteiger charge is 2.30. The molecule has 5 heteroatoms. The number of thiophene rings is 1. The van der Waals surface area contributed by atoms with Gasteiger partial charge in [0.2, 0.25) is 0 Å². The van der Waals surface area contributed by atoms with Crippen molar-refractivity contribution in [2.45, 2.75) is 25.3 Å². The number of rotatable bonds is 6. The number of benzene rings is 1. The van der Waals surface area contributed by atoms with Crippen LogP contribution in [0.4, 0.5) is 5.82 Å². The van der Waals surface area contributed by atoms with Crippen LogP contribution in [-0.2, 0) is 6.42 Å². The monoisotopic (exact) mass is 391 g/mol. The van der Waals surface area contributed by atoms with Gasteiger partial charge in [0, 0.05) is 37.3 Å². The van der Waals surface area contributed by atoms with Crippen molar-refractivity contribution in [3.8, 4) is 0 Å². The number of hydrogen-bond acceptors (Lipinski definition) is 4. The molecule has 144 valence electrons. The Morgan fingerprint density at radius 2 is 1.86 bits per heavy atom. The minimum atomic E-state index is 0.0580. The number of aromatic nitrogens is 1. The number of pyridine rings is 1. The zero-order chi connectivity index (χ0) is 19.2. The quantitative estimate of drug-likeness (QED) is 0.621. The van der Waals surface area contributed by atoms with Crippen molar-refractivity contribution in [3.05, 3.63) is 82.7 Å². The van der Waals surface area contributed by atoms with E-state index in [2.05, 4.69) is 40.2 Å². The molecule has 1 aromatic carbocycles. The van der Waals surface area contributed by atoms with E-state index in [1.807, 2.05) is 39.9 Å². The molecule has 2 aromatic heterocycles. The van der Waals surface area contributed by atoms with Gasteiger partial charge in [-0.3, -0.25) is 9.69 Å². The average Bonchev–Trinajstić information content (AvgIpc) is 3.30. The van der Waals surface area contributed by atoms with Gasteiger partial charge >= 0.3 is 0 Å². The van der Waals surface area contributed by atoms with Crippen molar-refractivity contribution < 1.29 is 4.79 Å². The third-order valence-corrected chi connectivity index (χ3v) is 6.05. The number of piperidine rings is 1. The molecule has 0 N–H and O–H groups in total. The number of nitrogens with zero attached hydrogens (tertiary/aromatic N) is 3. The fourth-order valence-electron chi connectivity index (χ4n) is 3.81. The van der Waals surface area contributed by atoms with Crippen LogP contribution >= 0.6 is 11.3 Å². The molecular formula is C23H25N3OS. The van der Waals surface area contributed by atoms with Gasteiger partial charge in [-0.15, -0.1) is 0 Å². The zero-order valence-electron chi connectivity index (χ0n) is 15.9. The average molecular weight is 392 g/mol. The van der Waals surface area contributed by atoms with E-state index in [4.69, 9.17) is 0 Å². The molecule has 0 radical (unpaired) electrons. The molecule has 3 aromatic rings. The summed E-state index contributed by atoms with van der Waals surface area (Å²) in [5.41, 5.74) is 2.13. The maximum absolute atomic E-state index is 13.2. The molecular weight excluding hydrogens is 366 g/mol. The maximum Gasteiger partial charge on any atom is 0.260 e. The summed E-state index contributed by atoms with van der Waals surface area (Å²) in [6.07, 6.45) is 4.78. The van der Waals surface area contributed by atoms with Crippen LogP contribution in [0.15, 0.2) is 71.6 Å². The molecule has 1 fully saturated rings. The number of likely N-dealkylation sites (tertiary alicyclic amines) is 1. The van der Waals surface area contributed by atoms with Crippen LogP contribution in [0.2, 0.25) is 0 Å². The lowest BCUT2D eigenvalue weighted by atomic mass is 10.0. The molecule has 0 saturated carbocycles. The molecule has 0 bridgehead atoms. The molecule has 1 aliphatic rings. The van der Waals surface area contributed by atoms with Crippen LogP contribution in [0.25, 0.3) is 0 Å². The third kappa shape index (κ3) is 4.49. The van der Waals surface area contributed by atoms with Crippen LogP contribution in [0, 0.1) is 0 Å². The van der Waals surface area contributed by atoms with Crippen LogP contribution in [-0.4, -0.2) is 41.5 Å². The van der Waals surface area contributed by atoms with E-state index in [1.165, 1.54) is 5.56 Å². The highest BCUT2D eigenvalue weighted by molar-refractivity contribution is 7.08.